The molecule has 3 fully saturated rings. The second kappa shape index (κ2) is 8.02. The van der Waals surface area contributed by atoms with Gasteiger partial charge in [0.05, 0.1) is 0 Å². The lowest BCUT2D eigenvalue weighted by atomic mass is 9.72. The second-order valence-corrected chi connectivity index (χ2v) is 10.1. The lowest BCUT2D eigenvalue weighted by Crippen LogP contribution is -2.20. The van der Waals surface area contributed by atoms with Gasteiger partial charge >= 0.3 is 0 Å². The monoisotopic (exact) mass is 294 g/mol. The van der Waals surface area contributed by atoms with E-state index in [1.165, 1.54) is 77.0 Å². The molecule has 0 saturated heterocycles. The molecule has 0 bridgehead atoms. The fourth-order valence-electron chi connectivity index (χ4n) is 3.72. The predicted molar refractivity (Wildman–Crippen MR) is 96.7 cm³/mol. The first-order valence-corrected chi connectivity index (χ1v) is 9.62. The Bertz CT molecular complexity index is 260. The van der Waals surface area contributed by atoms with Crippen molar-refractivity contribution in [1.29, 1.82) is 0 Å². The zero-order valence-electron chi connectivity index (χ0n) is 16.0. The van der Waals surface area contributed by atoms with E-state index >= 15 is 0 Å². The van der Waals surface area contributed by atoms with Gasteiger partial charge in [0.25, 0.3) is 0 Å². The first-order valence-electron chi connectivity index (χ1n) is 9.62. The van der Waals surface area contributed by atoms with E-state index in [4.69, 9.17) is 0 Å². The summed E-state index contributed by atoms with van der Waals surface area (Å²) in [6.07, 6.45) is 17.5. The second-order valence-electron chi connectivity index (χ2n) is 10.1. The van der Waals surface area contributed by atoms with Crippen molar-refractivity contribution in [2.45, 2.75) is 119 Å². The molecule has 0 aromatic carbocycles. The van der Waals surface area contributed by atoms with Gasteiger partial charge in [0.1, 0.15) is 0 Å². The highest BCUT2D eigenvalue weighted by atomic mass is 14.3. The number of hydrogen-bond donors (Lipinski definition) is 0. The van der Waals surface area contributed by atoms with Gasteiger partial charge < -0.3 is 0 Å². The average molecular weight is 295 g/mol. The van der Waals surface area contributed by atoms with Crippen molar-refractivity contribution in [1.82, 2.24) is 0 Å². The molecule has 3 rings (SSSR count). The van der Waals surface area contributed by atoms with Crippen LogP contribution in [0.1, 0.15) is 119 Å². The summed E-state index contributed by atoms with van der Waals surface area (Å²) < 4.78 is 0. The van der Waals surface area contributed by atoms with E-state index in [2.05, 4.69) is 41.5 Å². The average Bonchev–Trinajstić information content (AvgIpc) is 2.73. The van der Waals surface area contributed by atoms with Gasteiger partial charge in [-0.1, -0.05) is 80.1 Å². The van der Waals surface area contributed by atoms with Crippen LogP contribution in [0.2, 0.25) is 0 Å². The van der Waals surface area contributed by atoms with Crippen LogP contribution in [0.5, 0.6) is 0 Å². The topological polar surface area (TPSA) is 0 Å². The van der Waals surface area contributed by atoms with E-state index in [9.17, 15) is 0 Å². The summed E-state index contributed by atoms with van der Waals surface area (Å²) in [6, 6.07) is 0. The maximum absolute atomic E-state index is 2.38. The Morgan fingerprint density at radius 1 is 0.333 bits per heavy atom. The van der Waals surface area contributed by atoms with Crippen molar-refractivity contribution < 1.29 is 0 Å². The van der Waals surface area contributed by atoms with E-state index in [0.717, 1.165) is 5.41 Å². The van der Waals surface area contributed by atoms with E-state index < -0.39 is 0 Å². The Morgan fingerprint density at radius 3 is 0.667 bits per heavy atom. The molecule has 21 heavy (non-hydrogen) atoms. The van der Waals surface area contributed by atoms with Crippen LogP contribution in [0.4, 0.5) is 0 Å². The van der Waals surface area contributed by atoms with Crippen LogP contribution in [0.15, 0.2) is 0 Å². The fraction of sp³-hybridized carbons (Fsp3) is 1.00. The maximum atomic E-state index is 2.38. The van der Waals surface area contributed by atoms with Crippen molar-refractivity contribution >= 4 is 0 Å². The molecule has 3 aliphatic rings. The first kappa shape index (κ1) is 19.0. The summed E-state index contributed by atoms with van der Waals surface area (Å²) >= 11 is 0. The quantitative estimate of drug-likeness (QED) is 0.428. The van der Waals surface area contributed by atoms with E-state index in [0.29, 0.717) is 10.8 Å². The Labute approximate surface area is 135 Å². The van der Waals surface area contributed by atoms with Crippen molar-refractivity contribution in [3.63, 3.8) is 0 Å². The zero-order valence-corrected chi connectivity index (χ0v) is 16.0. The normalized spacial score (nSPS) is 28.3. The summed E-state index contributed by atoms with van der Waals surface area (Å²) in [6.45, 7) is 14.1. The standard InChI is InChI=1S/C8H16.C7H14.C6H12/c1-8(2)6-4-3-5-7-8;1-7(2)5-3-4-6-7;1-6(2)4-3-5-6/h3-7H2,1-2H3;3-6H2,1-2H3;3-5H2,1-2H3. The van der Waals surface area contributed by atoms with Gasteiger partial charge in [-0.05, 0) is 54.8 Å². The van der Waals surface area contributed by atoms with Crippen LogP contribution in [0, 0.1) is 16.2 Å². The Kier molecular flexibility index (Phi) is 7.28. The molecule has 0 N–H and O–H groups in total. The van der Waals surface area contributed by atoms with Crippen molar-refractivity contribution in [2.24, 2.45) is 16.2 Å². The van der Waals surface area contributed by atoms with Gasteiger partial charge in [0.2, 0.25) is 0 Å². The minimum Gasteiger partial charge on any atom is -0.0599 e. The molecule has 0 unspecified atom stereocenters. The summed E-state index contributed by atoms with van der Waals surface area (Å²) in [5.41, 5.74) is 2.10. The summed E-state index contributed by atoms with van der Waals surface area (Å²) in [5, 5.41) is 0. The highest BCUT2D eigenvalue weighted by Crippen LogP contribution is 2.39. The molecule has 126 valence electrons. The van der Waals surface area contributed by atoms with E-state index in [-0.39, 0.29) is 0 Å². The van der Waals surface area contributed by atoms with Gasteiger partial charge in [-0.15, -0.1) is 0 Å². The molecule has 0 nitrogen and oxygen atoms in total. The summed E-state index contributed by atoms with van der Waals surface area (Å²) in [7, 11) is 0. The molecule has 0 atom stereocenters. The minimum atomic E-state index is 0.679. The predicted octanol–water partition coefficient (Wildman–Crippen LogP) is 7.76. The van der Waals surface area contributed by atoms with Crippen LogP contribution in [-0.4, -0.2) is 0 Å². The first-order chi connectivity index (χ1) is 9.62. The van der Waals surface area contributed by atoms with Gasteiger partial charge in [-0.3, -0.25) is 0 Å². The molecule has 0 radical (unpaired) electrons. The lowest BCUT2D eigenvalue weighted by Gasteiger charge is -2.33. The highest BCUT2D eigenvalue weighted by molar-refractivity contribution is 4.77. The van der Waals surface area contributed by atoms with Gasteiger partial charge in [-0.25, -0.2) is 0 Å². The smallest absolute Gasteiger partial charge is 0.0354 e. The van der Waals surface area contributed by atoms with Crippen LogP contribution in [0.25, 0.3) is 0 Å². The third-order valence-electron chi connectivity index (χ3n) is 5.87. The third kappa shape index (κ3) is 8.89. The van der Waals surface area contributed by atoms with Crippen LogP contribution in [0.3, 0.4) is 0 Å². The molecule has 0 spiro atoms. The van der Waals surface area contributed by atoms with Crippen molar-refractivity contribution in [2.75, 3.05) is 0 Å². The van der Waals surface area contributed by atoms with E-state index in [1.807, 2.05) is 0 Å². The number of hydrogen-bond acceptors (Lipinski definition) is 0. The Balaban J connectivity index is 0.000000159. The summed E-state index contributed by atoms with van der Waals surface area (Å²) in [5.74, 6) is 0. The molecule has 0 heterocycles. The zero-order chi connectivity index (χ0) is 16.0. The molecular weight excluding hydrogens is 252 g/mol. The third-order valence-corrected chi connectivity index (χ3v) is 5.87. The highest BCUT2D eigenvalue weighted by Gasteiger charge is 2.25. The number of rotatable bonds is 0. The lowest BCUT2D eigenvalue weighted by molar-refractivity contribution is 0.190. The Hall–Kier alpha value is 0. The molecule has 0 amide bonds. The van der Waals surface area contributed by atoms with E-state index in [1.54, 1.807) is 0 Å². The molecule has 0 aromatic rings. The molecule has 3 aliphatic carbocycles. The SMILES string of the molecule is CC1(C)CCC1.CC1(C)CCCC1.CC1(C)CCCCC1. The van der Waals surface area contributed by atoms with Crippen molar-refractivity contribution in [3.8, 4) is 0 Å². The largest absolute Gasteiger partial charge is 0.0599 e. The molecule has 0 aliphatic heterocycles. The molecule has 3 saturated carbocycles. The van der Waals surface area contributed by atoms with Gasteiger partial charge in [0, 0.05) is 0 Å². The Morgan fingerprint density at radius 2 is 0.571 bits per heavy atom. The minimum absolute atomic E-state index is 0.679. The molecular formula is C21H42. The van der Waals surface area contributed by atoms with Crippen molar-refractivity contribution in [3.05, 3.63) is 0 Å². The van der Waals surface area contributed by atoms with Crippen LogP contribution in [-0.2, 0) is 0 Å². The molecule has 0 aromatic heterocycles. The van der Waals surface area contributed by atoms with Gasteiger partial charge in [-0.2, -0.15) is 0 Å². The fourth-order valence-corrected chi connectivity index (χ4v) is 3.72. The van der Waals surface area contributed by atoms with Crippen LogP contribution >= 0.6 is 0 Å². The molecule has 0 heteroatoms. The van der Waals surface area contributed by atoms with Crippen LogP contribution < -0.4 is 0 Å². The summed E-state index contributed by atoms with van der Waals surface area (Å²) in [4.78, 5) is 0. The maximum Gasteiger partial charge on any atom is -0.0354 e. The van der Waals surface area contributed by atoms with Gasteiger partial charge in [0.15, 0.2) is 0 Å².